The van der Waals surface area contributed by atoms with Gasteiger partial charge in [0.2, 0.25) is 0 Å². The Kier molecular flexibility index (Phi) is 5.48. The average molecular weight is 298 g/mol. The second-order valence-electron chi connectivity index (χ2n) is 2.66. The van der Waals surface area contributed by atoms with Crippen LogP contribution in [0.4, 0.5) is 4.39 Å². The molecule has 0 saturated carbocycles. The van der Waals surface area contributed by atoms with E-state index in [1.165, 1.54) is 12.1 Å². The Balaban J connectivity index is 3.09. The van der Waals surface area contributed by atoms with Crippen molar-refractivity contribution in [2.75, 3.05) is 13.0 Å². The second-order valence-corrected chi connectivity index (χ2v) is 5.47. The lowest BCUT2D eigenvalue weighted by Crippen LogP contribution is -2.10. The summed E-state index contributed by atoms with van der Waals surface area (Å²) in [6.07, 6.45) is 1.61. The van der Waals surface area contributed by atoms with Gasteiger partial charge in [0.15, 0.2) is 6.79 Å². The predicted molar refractivity (Wildman–Crippen MR) is 60.0 cm³/mol. The third-order valence-corrected chi connectivity index (χ3v) is 4.15. The fourth-order valence-electron chi connectivity index (χ4n) is 1.06. The van der Waals surface area contributed by atoms with Gasteiger partial charge in [0.1, 0.15) is 10.7 Å². The Bertz CT molecular complexity index is 505. The molecule has 1 aromatic carbocycles. The van der Waals surface area contributed by atoms with Crippen LogP contribution in [0, 0.1) is 5.82 Å². The minimum Gasteiger partial charge on any atom is -0.265 e. The molecule has 0 atom stereocenters. The summed E-state index contributed by atoms with van der Waals surface area (Å²) in [5.74, 6) is -0.906. The smallest absolute Gasteiger partial charge is 0.265 e. The van der Waals surface area contributed by atoms with E-state index in [0.29, 0.717) is 0 Å². The third-order valence-electron chi connectivity index (χ3n) is 1.71. The standard InChI is InChI=1S/C8H8FO5PS2/c1-16-7-4-2-3-6(9)8(7)17(11,12)14-5-13-15-10/h2-4H,5H2,1H3. The summed E-state index contributed by atoms with van der Waals surface area (Å²) >= 11 is 1.07. The van der Waals surface area contributed by atoms with Crippen LogP contribution in [0.15, 0.2) is 28.0 Å². The van der Waals surface area contributed by atoms with Crippen LogP contribution >= 0.6 is 20.4 Å². The van der Waals surface area contributed by atoms with Crippen LogP contribution in [-0.4, -0.2) is 21.5 Å². The van der Waals surface area contributed by atoms with Crippen LogP contribution in [0.25, 0.3) is 0 Å². The normalized spacial score (nSPS) is 11.9. The Morgan fingerprint density at radius 1 is 1.47 bits per heavy atom. The van der Waals surface area contributed by atoms with Crippen molar-refractivity contribution in [2.45, 2.75) is 9.79 Å². The summed E-state index contributed by atoms with van der Waals surface area (Å²) in [7, 11) is -4.98. The van der Waals surface area contributed by atoms with Crippen molar-refractivity contribution in [3.05, 3.63) is 24.0 Å². The highest BCUT2D eigenvalue weighted by Gasteiger charge is 2.24. The summed E-state index contributed by atoms with van der Waals surface area (Å²) in [5, 5.41) is 0. The lowest BCUT2D eigenvalue weighted by molar-refractivity contribution is 0.139. The molecule has 0 heterocycles. The first-order valence-corrected chi connectivity index (χ1v) is 7.56. The molecule has 0 aliphatic carbocycles. The van der Waals surface area contributed by atoms with Crippen molar-refractivity contribution >= 4 is 30.6 Å². The van der Waals surface area contributed by atoms with E-state index in [9.17, 15) is 17.4 Å². The summed E-state index contributed by atoms with van der Waals surface area (Å²) < 4.78 is 55.3. The monoisotopic (exact) mass is 298 g/mol. The molecule has 0 fully saturated rings. The van der Waals surface area contributed by atoms with Crippen LogP contribution in [0.2, 0.25) is 0 Å². The third kappa shape index (κ3) is 3.72. The molecule has 1 aromatic rings. The Labute approximate surface area is 104 Å². The van der Waals surface area contributed by atoms with E-state index in [4.69, 9.17) is 0 Å². The van der Waals surface area contributed by atoms with E-state index in [0.717, 1.165) is 17.8 Å². The van der Waals surface area contributed by atoms with Gasteiger partial charge in [-0.2, -0.15) is 8.42 Å². The Morgan fingerprint density at radius 2 is 2.18 bits per heavy atom. The number of rotatable bonds is 6. The molecule has 0 spiro atoms. The molecule has 17 heavy (non-hydrogen) atoms. The molecule has 0 radical (unpaired) electrons. The number of hydrogen-bond donors (Lipinski definition) is 0. The van der Waals surface area contributed by atoms with Gasteiger partial charge in [-0.1, -0.05) is 6.07 Å². The minimum atomic E-state index is -4.27. The van der Waals surface area contributed by atoms with E-state index in [-0.39, 0.29) is 4.90 Å². The maximum Gasteiger partial charge on any atom is 0.329 e. The fraction of sp³-hybridized carbons (Fsp3) is 0.250. The Hall–Kier alpha value is -0.530. The molecule has 0 amide bonds. The van der Waals surface area contributed by atoms with Crippen LogP contribution < -0.4 is 0 Å². The van der Waals surface area contributed by atoms with Crippen LogP contribution in [-0.2, 0) is 23.4 Å². The molecule has 94 valence electrons. The quantitative estimate of drug-likeness (QED) is 0.264. The van der Waals surface area contributed by atoms with Crippen molar-refractivity contribution in [3.63, 3.8) is 0 Å². The first-order valence-electron chi connectivity index (χ1n) is 4.19. The van der Waals surface area contributed by atoms with Gasteiger partial charge >= 0.3 is 18.8 Å². The molecule has 0 aromatic heterocycles. The largest absolute Gasteiger partial charge is 0.329 e. The van der Waals surface area contributed by atoms with Gasteiger partial charge in [0.25, 0.3) is 0 Å². The minimum absolute atomic E-state index is 0.227. The SMILES string of the molecule is CSc1cccc(F)c1S(=O)(=O)OCOP=O. The zero-order valence-electron chi connectivity index (χ0n) is 8.62. The molecule has 0 N–H and O–H groups in total. The summed E-state index contributed by atoms with van der Waals surface area (Å²) in [6, 6.07) is 3.87. The zero-order chi connectivity index (χ0) is 12.9. The summed E-state index contributed by atoms with van der Waals surface area (Å²) in [5.41, 5.74) is 0. The molecular weight excluding hydrogens is 290 g/mol. The van der Waals surface area contributed by atoms with E-state index in [1.807, 2.05) is 0 Å². The van der Waals surface area contributed by atoms with E-state index >= 15 is 0 Å². The van der Waals surface area contributed by atoms with Gasteiger partial charge in [0, 0.05) is 4.90 Å². The maximum absolute atomic E-state index is 13.5. The molecular formula is C8H8FO5PS2. The highest BCUT2D eigenvalue weighted by atomic mass is 32.2. The summed E-state index contributed by atoms with van der Waals surface area (Å²) in [4.78, 5) is -0.316. The van der Waals surface area contributed by atoms with Crippen molar-refractivity contribution in [2.24, 2.45) is 0 Å². The molecule has 9 heteroatoms. The first kappa shape index (κ1) is 14.5. The van der Waals surface area contributed by atoms with Crippen molar-refractivity contribution < 1.29 is 26.1 Å². The molecule has 1 rings (SSSR count). The molecule has 0 aliphatic heterocycles. The molecule has 5 nitrogen and oxygen atoms in total. The van der Waals surface area contributed by atoms with Crippen molar-refractivity contribution in [1.82, 2.24) is 0 Å². The first-order chi connectivity index (χ1) is 8.03. The number of benzene rings is 1. The highest BCUT2D eigenvalue weighted by Crippen LogP contribution is 2.28. The van der Waals surface area contributed by atoms with Gasteiger partial charge in [-0.3, -0.25) is 4.52 Å². The topological polar surface area (TPSA) is 69.7 Å². The maximum atomic E-state index is 13.5. The Morgan fingerprint density at radius 3 is 2.76 bits per heavy atom. The van der Waals surface area contributed by atoms with Crippen molar-refractivity contribution in [1.29, 1.82) is 0 Å². The molecule has 0 aliphatic rings. The van der Waals surface area contributed by atoms with E-state index in [2.05, 4.69) is 8.71 Å². The van der Waals surface area contributed by atoms with Crippen LogP contribution in [0.1, 0.15) is 0 Å². The van der Waals surface area contributed by atoms with Crippen LogP contribution in [0.3, 0.4) is 0 Å². The van der Waals surface area contributed by atoms with Gasteiger partial charge in [0.05, 0.1) is 0 Å². The average Bonchev–Trinajstić information content (AvgIpc) is 2.28. The van der Waals surface area contributed by atoms with Gasteiger partial charge in [-0.15, -0.1) is 11.8 Å². The van der Waals surface area contributed by atoms with E-state index in [1.54, 1.807) is 6.26 Å². The highest BCUT2D eigenvalue weighted by molar-refractivity contribution is 7.99. The van der Waals surface area contributed by atoms with Gasteiger partial charge in [-0.05, 0) is 18.4 Å². The lowest BCUT2D eigenvalue weighted by Gasteiger charge is -2.08. The number of halogens is 1. The zero-order valence-corrected chi connectivity index (χ0v) is 11.1. The second kappa shape index (κ2) is 6.42. The number of thioether (sulfide) groups is 1. The summed E-state index contributed by atoms with van der Waals surface area (Å²) in [6.45, 7) is -0.741. The lowest BCUT2D eigenvalue weighted by atomic mass is 10.3. The molecule has 0 unspecified atom stereocenters. The van der Waals surface area contributed by atoms with Crippen LogP contribution in [0.5, 0.6) is 0 Å². The number of hydrogen-bond acceptors (Lipinski definition) is 6. The van der Waals surface area contributed by atoms with E-state index < -0.39 is 36.3 Å². The van der Waals surface area contributed by atoms with Crippen molar-refractivity contribution in [3.8, 4) is 0 Å². The fourth-order valence-corrected chi connectivity index (χ4v) is 3.19. The van der Waals surface area contributed by atoms with Gasteiger partial charge in [-0.25, -0.2) is 13.1 Å². The molecule has 0 bridgehead atoms. The molecule has 0 saturated heterocycles. The predicted octanol–water partition coefficient (Wildman–Crippen LogP) is 2.43. The van der Waals surface area contributed by atoms with Gasteiger partial charge < -0.3 is 0 Å².